The molecule has 84 valence electrons. The Bertz CT molecular complexity index is 340. The van der Waals surface area contributed by atoms with Gasteiger partial charge < -0.3 is 10.6 Å². The van der Waals surface area contributed by atoms with Gasteiger partial charge in [-0.2, -0.15) is 9.97 Å². The Morgan fingerprint density at radius 1 is 1.00 bits per heavy atom. The van der Waals surface area contributed by atoms with Gasteiger partial charge in [0, 0.05) is 12.1 Å². The molecule has 0 saturated carbocycles. The van der Waals surface area contributed by atoms with Crippen molar-refractivity contribution in [2.45, 2.75) is 39.8 Å². The first kappa shape index (κ1) is 11.9. The fourth-order valence-corrected chi connectivity index (χ4v) is 1.25. The number of H-pyrrole nitrogens is 1. The summed E-state index contributed by atoms with van der Waals surface area (Å²) in [6, 6.07) is 0.606. The van der Waals surface area contributed by atoms with Crippen LogP contribution in [0.5, 0.6) is 0 Å². The molecular formula is C9H17N5S. The van der Waals surface area contributed by atoms with E-state index in [-0.39, 0.29) is 0 Å². The van der Waals surface area contributed by atoms with Gasteiger partial charge >= 0.3 is 0 Å². The van der Waals surface area contributed by atoms with Crippen LogP contribution in [0.25, 0.3) is 0 Å². The van der Waals surface area contributed by atoms with Gasteiger partial charge in [0.25, 0.3) is 0 Å². The van der Waals surface area contributed by atoms with Crippen LogP contribution in [0.15, 0.2) is 0 Å². The summed E-state index contributed by atoms with van der Waals surface area (Å²) >= 11 is 4.97. The lowest BCUT2D eigenvalue weighted by Gasteiger charge is -2.12. The molecule has 15 heavy (non-hydrogen) atoms. The molecule has 0 bridgehead atoms. The van der Waals surface area contributed by atoms with E-state index >= 15 is 0 Å². The van der Waals surface area contributed by atoms with Gasteiger partial charge in [-0.15, -0.1) is 0 Å². The van der Waals surface area contributed by atoms with E-state index in [9.17, 15) is 0 Å². The Hall–Kier alpha value is -1.17. The summed E-state index contributed by atoms with van der Waals surface area (Å²) in [7, 11) is 0. The van der Waals surface area contributed by atoms with Crippen LogP contribution in [-0.4, -0.2) is 27.0 Å². The van der Waals surface area contributed by atoms with Gasteiger partial charge in [0.15, 0.2) is 0 Å². The van der Waals surface area contributed by atoms with Crippen molar-refractivity contribution in [3.05, 3.63) is 4.77 Å². The lowest BCUT2D eigenvalue weighted by Crippen LogP contribution is -2.17. The van der Waals surface area contributed by atoms with Crippen molar-refractivity contribution in [1.82, 2.24) is 15.0 Å². The fourth-order valence-electron chi connectivity index (χ4n) is 1.07. The second-order valence-electron chi connectivity index (χ2n) is 3.93. The number of rotatable bonds is 4. The van der Waals surface area contributed by atoms with E-state index in [2.05, 4.69) is 25.6 Å². The van der Waals surface area contributed by atoms with Gasteiger partial charge in [0.2, 0.25) is 16.7 Å². The molecule has 6 heteroatoms. The van der Waals surface area contributed by atoms with Gasteiger partial charge in [-0.1, -0.05) is 0 Å². The van der Waals surface area contributed by atoms with Crippen molar-refractivity contribution >= 4 is 24.1 Å². The molecule has 5 nitrogen and oxygen atoms in total. The lowest BCUT2D eigenvalue weighted by molar-refractivity contribution is 0.841. The number of nitrogens with one attached hydrogen (secondary N) is 3. The molecule has 1 aromatic rings. The molecule has 0 aliphatic heterocycles. The minimum Gasteiger partial charge on any atom is -0.353 e. The van der Waals surface area contributed by atoms with Crippen LogP contribution in [0.4, 0.5) is 11.9 Å². The molecular weight excluding hydrogens is 210 g/mol. The highest BCUT2D eigenvalue weighted by Crippen LogP contribution is 2.05. The highest BCUT2D eigenvalue weighted by molar-refractivity contribution is 7.71. The summed E-state index contributed by atoms with van der Waals surface area (Å²) in [4.78, 5) is 11.2. The van der Waals surface area contributed by atoms with Crippen LogP contribution in [0, 0.1) is 4.77 Å². The van der Waals surface area contributed by atoms with Gasteiger partial charge in [0.1, 0.15) is 0 Å². The van der Waals surface area contributed by atoms with Crippen molar-refractivity contribution in [2.24, 2.45) is 0 Å². The molecule has 0 radical (unpaired) electrons. The van der Waals surface area contributed by atoms with E-state index in [0.717, 1.165) is 0 Å². The predicted molar refractivity (Wildman–Crippen MR) is 64.7 cm³/mol. The smallest absolute Gasteiger partial charge is 0.225 e. The number of aromatic nitrogens is 3. The third kappa shape index (κ3) is 4.24. The number of hydrogen-bond donors (Lipinski definition) is 3. The third-order valence-corrected chi connectivity index (χ3v) is 1.69. The molecule has 0 spiro atoms. The van der Waals surface area contributed by atoms with E-state index in [1.807, 2.05) is 27.7 Å². The zero-order valence-electron chi connectivity index (χ0n) is 9.46. The van der Waals surface area contributed by atoms with Crippen LogP contribution < -0.4 is 10.6 Å². The monoisotopic (exact) mass is 227 g/mol. The summed E-state index contributed by atoms with van der Waals surface area (Å²) in [5.74, 6) is 1.29. The second-order valence-corrected chi connectivity index (χ2v) is 4.29. The standard InChI is InChI=1S/C9H17N5S/c1-5(2)10-7-12-8(11-6(3)4)14-9(15)13-7/h5-6H,1-4H3,(H3,10,11,12,13,14,15). The summed E-state index contributed by atoms with van der Waals surface area (Å²) in [6.07, 6.45) is 0. The Kier molecular flexibility index (Phi) is 4.02. The topological polar surface area (TPSA) is 65.6 Å². The van der Waals surface area contributed by atoms with Crippen molar-refractivity contribution in [2.75, 3.05) is 10.6 Å². The molecule has 1 heterocycles. The number of hydrogen-bond acceptors (Lipinski definition) is 5. The average Bonchev–Trinajstić information content (AvgIpc) is 1.98. The fraction of sp³-hybridized carbons (Fsp3) is 0.667. The molecule has 0 aliphatic carbocycles. The van der Waals surface area contributed by atoms with Crippen LogP contribution in [0.1, 0.15) is 27.7 Å². The number of aromatic amines is 1. The first-order valence-electron chi connectivity index (χ1n) is 4.99. The normalized spacial score (nSPS) is 10.8. The van der Waals surface area contributed by atoms with E-state index in [0.29, 0.717) is 28.8 Å². The summed E-state index contributed by atoms with van der Waals surface area (Å²) in [6.45, 7) is 8.15. The van der Waals surface area contributed by atoms with Crippen LogP contribution in [0.2, 0.25) is 0 Å². The highest BCUT2D eigenvalue weighted by Gasteiger charge is 2.02. The number of anilines is 2. The largest absolute Gasteiger partial charge is 0.353 e. The van der Waals surface area contributed by atoms with Crippen LogP contribution in [-0.2, 0) is 0 Å². The van der Waals surface area contributed by atoms with Crippen molar-refractivity contribution < 1.29 is 0 Å². The molecule has 0 saturated heterocycles. The van der Waals surface area contributed by atoms with Gasteiger partial charge in [-0.3, -0.25) is 4.98 Å². The molecule has 3 N–H and O–H groups in total. The quantitative estimate of drug-likeness (QED) is 0.688. The zero-order valence-corrected chi connectivity index (χ0v) is 10.3. The maximum absolute atomic E-state index is 4.97. The molecule has 0 atom stereocenters. The van der Waals surface area contributed by atoms with Crippen molar-refractivity contribution in [3.63, 3.8) is 0 Å². The summed E-state index contributed by atoms with van der Waals surface area (Å²) < 4.78 is 0.333. The minimum absolute atomic E-state index is 0.303. The van der Waals surface area contributed by atoms with E-state index < -0.39 is 0 Å². The average molecular weight is 227 g/mol. The molecule has 1 aromatic heterocycles. The molecule has 0 aliphatic rings. The zero-order chi connectivity index (χ0) is 11.4. The Morgan fingerprint density at radius 3 is 1.73 bits per heavy atom. The third-order valence-electron chi connectivity index (χ3n) is 1.50. The summed E-state index contributed by atoms with van der Waals surface area (Å²) in [5, 5.41) is 6.29. The second kappa shape index (κ2) is 5.06. The molecule has 0 unspecified atom stereocenters. The van der Waals surface area contributed by atoms with Gasteiger partial charge in [-0.05, 0) is 39.9 Å². The molecule has 0 amide bonds. The minimum atomic E-state index is 0.303. The van der Waals surface area contributed by atoms with E-state index in [1.165, 1.54) is 0 Å². The van der Waals surface area contributed by atoms with Gasteiger partial charge in [0.05, 0.1) is 0 Å². The van der Waals surface area contributed by atoms with Crippen molar-refractivity contribution in [1.29, 1.82) is 0 Å². The van der Waals surface area contributed by atoms with Gasteiger partial charge in [-0.25, -0.2) is 0 Å². The lowest BCUT2D eigenvalue weighted by atomic mass is 10.4. The van der Waals surface area contributed by atoms with E-state index in [1.54, 1.807) is 0 Å². The van der Waals surface area contributed by atoms with Crippen LogP contribution in [0.3, 0.4) is 0 Å². The maximum Gasteiger partial charge on any atom is 0.225 e. The first-order valence-corrected chi connectivity index (χ1v) is 5.39. The molecule has 0 fully saturated rings. The first-order chi connectivity index (χ1) is 6.97. The van der Waals surface area contributed by atoms with E-state index in [4.69, 9.17) is 12.2 Å². The van der Waals surface area contributed by atoms with Crippen LogP contribution >= 0.6 is 12.2 Å². The van der Waals surface area contributed by atoms with Crippen molar-refractivity contribution in [3.8, 4) is 0 Å². The molecule has 1 rings (SSSR count). The SMILES string of the molecule is CC(C)Nc1nc(=S)nc(NC(C)C)[nH]1. The molecule has 0 aromatic carbocycles. The Morgan fingerprint density at radius 2 is 1.40 bits per heavy atom. The summed E-state index contributed by atoms with van der Waals surface area (Å²) in [5.41, 5.74) is 0. The maximum atomic E-state index is 4.97. The highest BCUT2D eigenvalue weighted by atomic mass is 32.1. The number of nitrogens with zero attached hydrogens (tertiary/aromatic N) is 2. The Balaban J connectivity index is 2.90. The predicted octanol–water partition coefficient (Wildman–Crippen LogP) is 2.17. The Labute approximate surface area is 94.7 Å².